The molecule has 0 atom stereocenters. The smallest absolute Gasteiger partial charge is 0.137 e. The van der Waals surface area contributed by atoms with Gasteiger partial charge in [-0.15, -0.1) is 0 Å². The Bertz CT molecular complexity index is 414. The summed E-state index contributed by atoms with van der Waals surface area (Å²) in [6.45, 7) is 9.90. The average Bonchev–Trinajstić information content (AvgIpc) is 2.52. The molecule has 0 radical (unpaired) electrons. The summed E-state index contributed by atoms with van der Waals surface area (Å²) in [6, 6.07) is 0. The Hall–Kier alpha value is -1.64. The molecule has 0 saturated carbocycles. The second kappa shape index (κ2) is 4.26. The number of methoxy groups -OCH3 is 1. The van der Waals surface area contributed by atoms with Crippen LogP contribution in [0.3, 0.4) is 0 Å². The minimum Gasteiger partial charge on any atom is -0.495 e. The molecule has 1 heterocycles. The molecule has 0 aliphatic carbocycles. The zero-order chi connectivity index (χ0) is 11.6. The number of nitrogens with two attached hydrogens (primary N) is 1. The lowest BCUT2D eigenvalue weighted by Gasteiger charge is -2.06. The van der Waals surface area contributed by atoms with E-state index in [4.69, 9.17) is 10.6 Å². The van der Waals surface area contributed by atoms with Gasteiger partial charge in [-0.3, -0.25) is 4.68 Å². The fourth-order valence-corrected chi connectivity index (χ4v) is 1.62. The van der Waals surface area contributed by atoms with Crippen LogP contribution in [0.25, 0.3) is 11.3 Å². The molecule has 3 heteroatoms. The maximum absolute atomic E-state index is 5.86. The average molecular weight is 206 g/mol. The van der Waals surface area contributed by atoms with Gasteiger partial charge in [-0.05, 0) is 31.9 Å². The molecule has 0 bridgehead atoms. The summed E-state index contributed by atoms with van der Waals surface area (Å²) in [6.07, 6.45) is 3.95. The molecule has 0 saturated heterocycles. The van der Waals surface area contributed by atoms with Crippen molar-refractivity contribution in [1.82, 2.24) is 4.68 Å². The predicted octanol–water partition coefficient (Wildman–Crippen LogP) is 2.55. The van der Waals surface area contributed by atoms with Crippen molar-refractivity contribution in [1.29, 1.82) is 0 Å². The zero-order valence-electron chi connectivity index (χ0n) is 9.79. The minimum atomic E-state index is 0.588. The molecule has 15 heavy (non-hydrogen) atoms. The third-order valence-corrected chi connectivity index (χ3v) is 2.65. The fourth-order valence-electron chi connectivity index (χ4n) is 1.62. The highest BCUT2D eigenvalue weighted by Crippen LogP contribution is 2.26. The highest BCUT2D eigenvalue weighted by molar-refractivity contribution is 5.72. The second-order valence-corrected chi connectivity index (χ2v) is 3.52. The van der Waals surface area contributed by atoms with Gasteiger partial charge in [0.1, 0.15) is 11.5 Å². The summed E-state index contributed by atoms with van der Waals surface area (Å²) in [5, 5.41) is 0. The first-order valence-electron chi connectivity index (χ1n) is 4.86. The molecule has 1 aromatic heterocycles. The van der Waals surface area contributed by atoms with Crippen molar-refractivity contribution in [2.45, 2.75) is 20.8 Å². The number of rotatable bonds is 3. The largest absolute Gasteiger partial charge is 0.495 e. The number of nitrogens with zero attached hydrogens (tertiary/aromatic N) is 1. The van der Waals surface area contributed by atoms with Crippen LogP contribution in [0.2, 0.25) is 0 Å². The van der Waals surface area contributed by atoms with Gasteiger partial charge >= 0.3 is 0 Å². The van der Waals surface area contributed by atoms with Crippen molar-refractivity contribution >= 4 is 11.3 Å². The van der Waals surface area contributed by atoms with Crippen molar-refractivity contribution in [2.75, 3.05) is 13.0 Å². The van der Waals surface area contributed by atoms with Gasteiger partial charge in [0, 0.05) is 11.8 Å². The summed E-state index contributed by atoms with van der Waals surface area (Å²) in [7, 11) is 1.59. The van der Waals surface area contributed by atoms with E-state index in [1.54, 1.807) is 11.8 Å². The summed E-state index contributed by atoms with van der Waals surface area (Å²) in [5.74, 6) is 6.45. The quantitative estimate of drug-likeness (QED) is 0.610. The molecule has 1 rings (SSSR count). The van der Waals surface area contributed by atoms with E-state index in [9.17, 15) is 0 Å². The van der Waals surface area contributed by atoms with Crippen LogP contribution in [0.4, 0.5) is 0 Å². The first-order valence-corrected chi connectivity index (χ1v) is 4.86. The Morgan fingerprint density at radius 2 is 2.20 bits per heavy atom. The summed E-state index contributed by atoms with van der Waals surface area (Å²) in [4.78, 5) is 0. The van der Waals surface area contributed by atoms with E-state index in [2.05, 4.69) is 19.6 Å². The maximum atomic E-state index is 5.86. The van der Waals surface area contributed by atoms with Crippen LogP contribution in [0, 0.1) is 6.92 Å². The first-order chi connectivity index (χ1) is 7.02. The van der Waals surface area contributed by atoms with E-state index in [1.807, 2.05) is 20.0 Å². The van der Waals surface area contributed by atoms with Crippen molar-refractivity contribution in [3.63, 3.8) is 0 Å². The molecule has 1 aromatic rings. The molecule has 0 spiro atoms. The summed E-state index contributed by atoms with van der Waals surface area (Å²) in [5.41, 5.74) is 4.27. The van der Waals surface area contributed by atoms with Crippen LogP contribution in [0.1, 0.15) is 30.7 Å². The number of ether oxygens (including phenoxy) is 1. The number of aromatic nitrogens is 1. The van der Waals surface area contributed by atoms with Crippen LogP contribution in [-0.2, 0) is 4.74 Å². The Labute approximate surface area is 90.8 Å². The summed E-state index contributed by atoms with van der Waals surface area (Å²) >= 11 is 0. The Morgan fingerprint density at radius 1 is 1.60 bits per heavy atom. The van der Waals surface area contributed by atoms with Gasteiger partial charge in [-0.25, -0.2) is 0 Å². The fraction of sp³-hybridized carbons (Fsp3) is 0.333. The van der Waals surface area contributed by atoms with Gasteiger partial charge in [0.15, 0.2) is 0 Å². The van der Waals surface area contributed by atoms with Gasteiger partial charge < -0.3 is 10.6 Å². The molecule has 3 nitrogen and oxygen atoms in total. The van der Waals surface area contributed by atoms with Crippen molar-refractivity contribution in [3.8, 4) is 0 Å². The number of allylic oxidation sites excluding steroid dienone is 2. The van der Waals surface area contributed by atoms with Gasteiger partial charge in [-0.1, -0.05) is 12.7 Å². The molecule has 0 amide bonds. The van der Waals surface area contributed by atoms with E-state index in [0.717, 1.165) is 16.8 Å². The highest BCUT2D eigenvalue weighted by Gasteiger charge is 2.14. The summed E-state index contributed by atoms with van der Waals surface area (Å²) < 4.78 is 6.67. The minimum absolute atomic E-state index is 0.588. The lowest BCUT2D eigenvalue weighted by Crippen LogP contribution is -2.10. The van der Waals surface area contributed by atoms with Crippen molar-refractivity contribution < 1.29 is 4.74 Å². The molecular weight excluding hydrogens is 188 g/mol. The molecule has 2 N–H and O–H groups in total. The van der Waals surface area contributed by atoms with Gasteiger partial charge in [0.2, 0.25) is 0 Å². The van der Waals surface area contributed by atoms with Gasteiger partial charge in [0.05, 0.1) is 7.11 Å². The van der Waals surface area contributed by atoms with Crippen molar-refractivity contribution in [2.24, 2.45) is 0 Å². The number of hydrogen-bond donors (Lipinski definition) is 1. The Morgan fingerprint density at radius 3 is 2.67 bits per heavy atom. The number of hydrogen-bond acceptors (Lipinski definition) is 2. The van der Waals surface area contributed by atoms with E-state index in [0.29, 0.717) is 5.76 Å². The monoisotopic (exact) mass is 206 g/mol. The molecule has 82 valence electrons. The van der Waals surface area contributed by atoms with Crippen LogP contribution in [0.5, 0.6) is 0 Å². The van der Waals surface area contributed by atoms with Crippen LogP contribution in [-0.4, -0.2) is 11.8 Å². The lowest BCUT2D eigenvalue weighted by atomic mass is 10.1. The van der Waals surface area contributed by atoms with E-state index < -0.39 is 0 Å². The van der Waals surface area contributed by atoms with Crippen LogP contribution < -0.4 is 5.84 Å². The number of nitrogen functional groups attached to an aromatic ring is 1. The van der Waals surface area contributed by atoms with E-state index >= 15 is 0 Å². The SMILES string of the molecule is C=C(OC)c1c(C)c(/C(C)=C/C)cn1N. The van der Waals surface area contributed by atoms with Crippen LogP contribution in [0.15, 0.2) is 18.9 Å². The molecule has 0 aliphatic heterocycles. The van der Waals surface area contributed by atoms with E-state index in [-0.39, 0.29) is 0 Å². The molecule has 0 unspecified atom stereocenters. The standard InChI is InChI=1S/C12H18N2O/c1-6-8(2)11-7-14(13)12(9(11)3)10(4)15-5/h6-7H,4,13H2,1-3,5H3/b8-6+. The first kappa shape index (κ1) is 11.4. The van der Waals surface area contributed by atoms with Crippen molar-refractivity contribution in [3.05, 3.63) is 35.7 Å². The Kier molecular flexibility index (Phi) is 3.24. The third kappa shape index (κ3) is 1.91. The molecule has 0 fully saturated rings. The third-order valence-electron chi connectivity index (χ3n) is 2.65. The van der Waals surface area contributed by atoms with Gasteiger partial charge in [-0.2, -0.15) is 0 Å². The Balaban J connectivity index is 3.33. The van der Waals surface area contributed by atoms with Crippen LogP contribution >= 0.6 is 0 Å². The van der Waals surface area contributed by atoms with Gasteiger partial charge in [0.25, 0.3) is 0 Å². The topological polar surface area (TPSA) is 40.2 Å². The maximum Gasteiger partial charge on any atom is 0.137 e. The predicted molar refractivity (Wildman–Crippen MR) is 64.7 cm³/mol. The normalized spacial score (nSPS) is 11.6. The highest BCUT2D eigenvalue weighted by atomic mass is 16.5. The lowest BCUT2D eigenvalue weighted by molar-refractivity contribution is 0.368. The molecular formula is C12H18N2O. The molecule has 0 aromatic carbocycles. The zero-order valence-corrected chi connectivity index (χ0v) is 9.79. The second-order valence-electron chi connectivity index (χ2n) is 3.52. The van der Waals surface area contributed by atoms with E-state index in [1.165, 1.54) is 5.57 Å². The molecule has 0 aliphatic rings.